The molecule has 11 heavy (non-hydrogen) atoms. The highest BCUT2D eigenvalue weighted by atomic mass is 32.2. The van der Waals surface area contributed by atoms with Crippen LogP contribution < -0.4 is 0 Å². The molecule has 0 saturated carbocycles. The first-order valence-electron chi connectivity index (χ1n) is 4.37. The standard InChI is InChI=1S/C10H16S/c1-2-11-9-10-7-5-3-4-6-8-10/h5,7-8H,2-4,6,9H2,1H3. The lowest BCUT2D eigenvalue weighted by Gasteiger charge is -1.97. The van der Waals surface area contributed by atoms with Crippen molar-refractivity contribution in [2.24, 2.45) is 0 Å². The van der Waals surface area contributed by atoms with Crippen molar-refractivity contribution < 1.29 is 0 Å². The summed E-state index contributed by atoms with van der Waals surface area (Å²) in [5.74, 6) is 2.43. The maximum Gasteiger partial charge on any atom is 0.0181 e. The molecule has 0 heterocycles. The molecule has 0 aromatic rings. The van der Waals surface area contributed by atoms with Gasteiger partial charge in [0.15, 0.2) is 0 Å². The van der Waals surface area contributed by atoms with Gasteiger partial charge in [-0.3, -0.25) is 0 Å². The summed E-state index contributed by atoms with van der Waals surface area (Å²) in [5, 5.41) is 0. The third-order valence-electron chi connectivity index (χ3n) is 1.79. The van der Waals surface area contributed by atoms with Crippen LogP contribution in [0.4, 0.5) is 0 Å². The van der Waals surface area contributed by atoms with Gasteiger partial charge in [0, 0.05) is 5.75 Å². The van der Waals surface area contributed by atoms with Crippen LogP contribution in [0.1, 0.15) is 26.2 Å². The Kier molecular flexibility index (Phi) is 4.44. The fourth-order valence-electron chi connectivity index (χ4n) is 1.15. The van der Waals surface area contributed by atoms with Gasteiger partial charge in [-0.15, -0.1) is 0 Å². The Labute approximate surface area is 73.8 Å². The summed E-state index contributed by atoms with van der Waals surface area (Å²) in [7, 11) is 0. The van der Waals surface area contributed by atoms with Gasteiger partial charge in [0.2, 0.25) is 0 Å². The highest BCUT2D eigenvalue weighted by Gasteiger charge is 1.95. The highest BCUT2D eigenvalue weighted by Crippen LogP contribution is 2.14. The first-order chi connectivity index (χ1) is 5.43. The van der Waals surface area contributed by atoms with Crippen molar-refractivity contribution in [2.45, 2.75) is 26.2 Å². The maximum absolute atomic E-state index is 2.38. The molecule has 0 unspecified atom stereocenters. The van der Waals surface area contributed by atoms with E-state index in [1.54, 1.807) is 0 Å². The Balaban J connectivity index is 2.34. The monoisotopic (exact) mass is 168 g/mol. The molecule has 0 aliphatic heterocycles. The summed E-state index contributed by atoms with van der Waals surface area (Å²) in [6, 6.07) is 0. The zero-order valence-corrected chi connectivity index (χ0v) is 7.99. The molecular formula is C10H16S. The van der Waals surface area contributed by atoms with Crippen molar-refractivity contribution >= 4 is 11.8 Å². The quantitative estimate of drug-likeness (QED) is 0.622. The van der Waals surface area contributed by atoms with Gasteiger partial charge in [0.05, 0.1) is 0 Å². The zero-order valence-electron chi connectivity index (χ0n) is 7.18. The molecule has 0 radical (unpaired) electrons. The third-order valence-corrected chi connectivity index (χ3v) is 2.73. The first kappa shape index (κ1) is 8.92. The molecule has 0 aromatic heterocycles. The molecule has 62 valence electrons. The number of allylic oxidation sites excluding steroid dienone is 3. The second-order valence-electron chi connectivity index (χ2n) is 2.75. The Bertz CT molecular complexity index is 156. The number of hydrogen-bond donors (Lipinski definition) is 0. The molecule has 0 saturated heterocycles. The smallest absolute Gasteiger partial charge is 0.0181 e. The lowest BCUT2D eigenvalue weighted by molar-refractivity contribution is 0.874. The van der Waals surface area contributed by atoms with Crippen molar-refractivity contribution in [2.75, 3.05) is 11.5 Å². The Morgan fingerprint density at radius 2 is 2.36 bits per heavy atom. The van der Waals surface area contributed by atoms with Crippen molar-refractivity contribution in [1.82, 2.24) is 0 Å². The summed E-state index contributed by atoms with van der Waals surface area (Å²) in [6.07, 6.45) is 10.8. The minimum Gasteiger partial charge on any atom is -0.158 e. The predicted octanol–water partition coefficient (Wildman–Crippen LogP) is 3.41. The summed E-state index contributed by atoms with van der Waals surface area (Å²) in [4.78, 5) is 0. The van der Waals surface area contributed by atoms with Gasteiger partial charge in [-0.25, -0.2) is 0 Å². The van der Waals surface area contributed by atoms with Crippen LogP contribution in [0.5, 0.6) is 0 Å². The summed E-state index contributed by atoms with van der Waals surface area (Å²) in [6.45, 7) is 2.21. The number of hydrogen-bond acceptors (Lipinski definition) is 1. The van der Waals surface area contributed by atoms with Crippen molar-refractivity contribution in [1.29, 1.82) is 0 Å². The molecule has 1 aliphatic rings. The summed E-state index contributed by atoms with van der Waals surface area (Å²) in [5.41, 5.74) is 1.52. The normalized spacial score (nSPS) is 17.7. The van der Waals surface area contributed by atoms with Gasteiger partial charge in [-0.1, -0.05) is 25.2 Å². The lowest BCUT2D eigenvalue weighted by atomic mass is 10.2. The van der Waals surface area contributed by atoms with E-state index in [-0.39, 0.29) is 0 Å². The topological polar surface area (TPSA) is 0 Å². The zero-order chi connectivity index (χ0) is 7.94. The van der Waals surface area contributed by atoms with Gasteiger partial charge in [-0.2, -0.15) is 11.8 Å². The van der Waals surface area contributed by atoms with E-state index in [4.69, 9.17) is 0 Å². The molecule has 0 nitrogen and oxygen atoms in total. The van der Waals surface area contributed by atoms with E-state index in [0.717, 1.165) is 0 Å². The average molecular weight is 168 g/mol. The summed E-state index contributed by atoms with van der Waals surface area (Å²) < 4.78 is 0. The Morgan fingerprint density at radius 3 is 3.18 bits per heavy atom. The van der Waals surface area contributed by atoms with E-state index in [9.17, 15) is 0 Å². The van der Waals surface area contributed by atoms with Crippen LogP contribution in [0.15, 0.2) is 23.8 Å². The Hall–Kier alpha value is -0.170. The second kappa shape index (κ2) is 5.48. The molecule has 1 heteroatoms. The van der Waals surface area contributed by atoms with Crippen molar-refractivity contribution in [3.8, 4) is 0 Å². The third kappa shape index (κ3) is 3.66. The van der Waals surface area contributed by atoms with Gasteiger partial charge < -0.3 is 0 Å². The molecular weight excluding hydrogens is 152 g/mol. The van der Waals surface area contributed by atoms with Crippen LogP contribution in [0, 0.1) is 0 Å². The number of thioether (sulfide) groups is 1. The van der Waals surface area contributed by atoms with Gasteiger partial charge >= 0.3 is 0 Å². The van der Waals surface area contributed by atoms with Gasteiger partial charge in [0.25, 0.3) is 0 Å². The fourth-order valence-corrected chi connectivity index (χ4v) is 1.81. The average Bonchev–Trinajstić information content (AvgIpc) is 2.28. The van der Waals surface area contributed by atoms with Crippen LogP contribution >= 0.6 is 11.8 Å². The minimum atomic E-state index is 1.20. The van der Waals surface area contributed by atoms with E-state index < -0.39 is 0 Å². The largest absolute Gasteiger partial charge is 0.158 e. The van der Waals surface area contributed by atoms with E-state index in [1.165, 1.54) is 36.3 Å². The van der Waals surface area contributed by atoms with E-state index >= 15 is 0 Å². The molecule has 0 amide bonds. The second-order valence-corrected chi connectivity index (χ2v) is 4.02. The lowest BCUT2D eigenvalue weighted by Crippen LogP contribution is -1.82. The maximum atomic E-state index is 2.38. The molecule has 0 atom stereocenters. The SMILES string of the molecule is CCSCC1=CCCCC=C1. The summed E-state index contributed by atoms with van der Waals surface area (Å²) >= 11 is 2.00. The van der Waals surface area contributed by atoms with Crippen LogP contribution in [-0.4, -0.2) is 11.5 Å². The minimum absolute atomic E-state index is 1.20. The van der Waals surface area contributed by atoms with Crippen LogP contribution in [0.25, 0.3) is 0 Å². The molecule has 1 aliphatic carbocycles. The van der Waals surface area contributed by atoms with Gasteiger partial charge in [0.1, 0.15) is 0 Å². The van der Waals surface area contributed by atoms with Crippen LogP contribution in [-0.2, 0) is 0 Å². The van der Waals surface area contributed by atoms with Gasteiger partial charge in [-0.05, 0) is 30.6 Å². The molecule has 0 aromatic carbocycles. The Morgan fingerprint density at radius 1 is 1.45 bits per heavy atom. The van der Waals surface area contributed by atoms with Crippen molar-refractivity contribution in [3.05, 3.63) is 23.8 Å². The number of rotatable bonds is 3. The molecule has 0 N–H and O–H groups in total. The fraction of sp³-hybridized carbons (Fsp3) is 0.600. The van der Waals surface area contributed by atoms with Crippen LogP contribution in [0.2, 0.25) is 0 Å². The molecule has 0 spiro atoms. The molecule has 0 bridgehead atoms. The van der Waals surface area contributed by atoms with E-state index in [2.05, 4.69) is 25.2 Å². The predicted molar refractivity (Wildman–Crippen MR) is 54.1 cm³/mol. The van der Waals surface area contributed by atoms with E-state index in [1.807, 2.05) is 11.8 Å². The molecule has 1 rings (SSSR count). The highest BCUT2D eigenvalue weighted by molar-refractivity contribution is 7.99. The first-order valence-corrected chi connectivity index (χ1v) is 5.52. The van der Waals surface area contributed by atoms with E-state index in [0.29, 0.717) is 0 Å². The van der Waals surface area contributed by atoms with Crippen LogP contribution in [0.3, 0.4) is 0 Å². The molecule has 0 fully saturated rings. The van der Waals surface area contributed by atoms with Crippen molar-refractivity contribution in [3.63, 3.8) is 0 Å².